The molecule has 1 aromatic rings. The summed E-state index contributed by atoms with van der Waals surface area (Å²) in [4.78, 5) is 10.5. The van der Waals surface area contributed by atoms with Crippen molar-refractivity contribution >= 4 is 34.0 Å². The lowest BCUT2D eigenvalue weighted by Gasteiger charge is -2.18. The molecule has 2 unspecified atom stereocenters. The second-order valence-electron chi connectivity index (χ2n) is 4.70. The number of anilines is 1. The molecular formula is C12H14FIN2O2. The van der Waals surface area contributed by atoms with Gasteiger partial charge in [0.05, 0.1) is 8.49 Å². The molecule has 1 aliphatic carbocycles. The SMILES string of the molecule is CC1CCCC1Nc1cc(F)c(I)cc1[N+](=O)[O-]. The van der Waals surface area contributed by atoms with E-state index in [1.54, 1.807) is 22.6 Å². The maximum absolute atomic E-state index is 13.5. The van der Waals surface area contributed by atoms with Gasteiger partial charge in [-0.05, 0) is 41.4 Å². The van der Waals surface area contributed by atoms with E-state index in [0.717, 1.165) is 19.3 Å². The van der Waals surface area contributed by atoms with Crippen LogP contribution in [0.1, 0.15) is 26.2 Å². The second kappa shape index (κ2) is 5.38. The molecule has 4 nitrogen and oxygen atoms in total. The molecule has 0 aliphatic heterocycles. The van der Waals surface area contributed by atoms with Crippen LogP contribution >= 0.6 is 22.6 Å². The number of nitro groups is 1. The van der Waals surface area contributed by atoms with Gasteiger partial charge in [0.2, 0.25) is 0 Å². The monoisotopic (exact) mass is 364 g/mol. The first kappa shape index (κ1) is 13.5. The van der Waals surface area contributed by atoms with E-state index in [-0.39, 0.29) is 21.0 Å². The standard InChI is InChI=1S/C12H14FIN2O2/c1-7-3-2-4-10(7)15-11-5-8(13)9(14)6-12(11)16(17)18/h5-7,10,15H,2-4H2,1H3. The van der Waals surface area contributed by atoms with Crippen LogP contribution in [0.15, 0.2) is 12.1 Å². The van der Waals surface area contributed by atoms with Gasteiger partial charge in [0.1, 0.15) is 11.5 Å². The third-order valence-corrected chi connectivity index (χ3v) is 4.26. The Morgan fingerprint density at radius 3 is 2.78 bits per heavy atom. The van der Waals surface area contributed by atoms with Crippen molar-refractivity contribution in [3.05, 3.63) is 31.6 Å². The molecule has 0 amide bonds. The molecule has 0 bridgehead atoms. The van der Waals surface area contributed by atoms with Crippen molar-refractivity contribution in [3.8, 4) is 0 Å². The zero-order valence-corrected chi connectivity index (χ0v) is 12.1. The van der Waals surface area contributed by atoms with Gasteiger partial charge in [-0.1, -0.05) is 13.3 Å². The Kier molecular flexibility index (Phi) is 4.04. The Hall–Kier alpha value is -0.920. The largest absolute Gasteiger partial charge is 0.376 e. The van der Waals surface area contributed by atoms with Crippen molar-refractivity contribution in [1.29, 1.82) is 0 Å². The van der Waals surface area contributed by atoms with Crippen molar-refractivity contribution in [3.63, 3.8) is 0 Å². The van der Waals surface area contributed by atoms with Gasteiger partial charge in [0.25, 0.3) is 5.69 Å². The first-order valence-electron chi connectivity index (χ1n) is 5.89. The highest BCUT2D eigenvalue weighted by Gasteiger charge is 2.26. The summed E-state index contributed by atoms with van der Waals surface area (Å²) in [6, 6.07) is 2.70. The highest BCUT2D eigenvalue weighted by Crippen LogP contribution is 2.33. The van der Waals surface area contributed by atoms with Gasteiger partial charge >= 0.3 is 0 Å². The average Bonchev–Trinajstić information content (AvgIpc) is 2.69. The lowest BCUT2D eigenvalue weighted by Crippen LogP contribution is -2.22. The van der Waals surface area contributed by atoms with Gasteiger partial charge in [0, 0.05) is 18.2 Å². The Bertz CT molecular complexity index is 481. The van der Waals surface area contributed by atoms with Crippen LogP contribution < -0.4 is 5.32 Å². The van der Waals surface area contributed by atoms with E-state index in [1.807, 2.05) is 0 Å². The number of hydrogen-bond donors (Lipinski definition) is 1. The number of benzene rings is 1. The summed E-state index contributed by atoms with van der Waals surface area (Å²) in [6.45, 7) is 2.11. The number of hydrogen-bond acceptors (Lipinski definition) is 3. The van der Waals surface area contributed by atoms with Crippen LogP contribution in [0.2, 0.25) is 0 Å². The summed E-state index contributed by atoms with van der Waals surface area (Å²) >= 11 is 1.76. The molecule has 0 saturated heterocycles. The predicted octanol–water partition coefficient (Wildman–Crippen LogP) is 3.94. The Morgan fingerprint density at radius 1 is 1.50 bits per heavy atom. The summed E-state index contributed by atoms with van der Waals surface area (Å²) in [6.07, 6.45) is 3.20. The van der Waals surface area contributed by atoms with Crippen LogP contribution in [0.4, 0.5) is 15.8 Å². The summed E-state index contributed by atoms with van der Waals surface area (Å²) in [5.41, 5.74) is 0.233. The third kappa shape index (κ3) is 2.73. The number of nitrogens with one attached hydrogen (secondary N) is 1. The molecule has 98 valence electrons. The normalized spacial score (nSPS) is 23.1. The molecule has 2 rings (SSSR count). The molecule has 0 aromatic heterocycles. The van der Waals surface area contributed by atoms with Gasteiger partial charge in [-0.15, -0.1) is 0 Å². The van der Waals surface area contributed by atoms with Crippen molar-refractivity contribution in [2.75, 3.05) is 5.32 Å². The molecule has 2 atom stereocenters. The number of rotatable bonds is 3. The molecule has 1 aromatic carbocycles. The topological polar surface area (TPSA) is 55.2 Å². The quantitative estimate of drug-likeness (QED) is 0.502. The molecule has 1 fully saturated rings. The second-order valence-corrected chi connectivity index (χ2v) is 5.86. The van der Waals surface area contributed by atoms with E-state index in [2.05, 4.69) is 12.2 Å². The molecule has 1 aliphatic rings. The van der Waals surface area contributed by atoms with Crippen LogP contribution in [0.3, 0.4) is 0 Å². The number of nitrogens with zero attached hydrogens (tertiary/aromatic N) is 1. The average molecular weight is 364 g/mol. The van der Waals surface area contributed by atoms with Crippen LogP contribution in [0.25, 0.3) is 0 Å². The van der Waals surface area contributed by atoms with E-state index in [0.29, 0.717) is 5.92 Å². The van der Waals surface area contributed by atoms with Gasteiger partial charge in [0.15, 0.2) is 0 Å². The molecule has 18 heavy (non-hydrogen) atoms. The summed E-state index contributed by atoms with van der Waals surface area (Å²) < 4.78 is 13.8. The summed E-state index contributed by atoms with van der Waals surface area (Å²) in [7, 11) is 0. The van der Waals surface area contributed by atoms with Crippen molar-refractivity contribution in [1.82, 2.24) is 0 Å². The Balaban J connectivity index is 2.30. The van der Waals surface area contributed by atoms with Gasteiger partial charge in [-0.2, -0.15) is 0 Å². The lowest BCUT2D eigenvalue weighted by atomic mass is 10.1. The van der Waals surface area contributed by atoms with E-state index < -0.39 is 10.7 Å². The van der Waals surface area contributed by atoms with Crippen LogP contribution in [0, 0.1) is 25.4 Å². The van der Waals surface area contributed by atoms with Crippen molar-refractivity contribution in [2.24, 2.45) is 5.92 Å². The first-order valence-corrected chi connectivity index (χ1v) is 6.97. The molecule has 6 heteroatoms. The van der Waals surface area contributed by atoms with Crippen LogP contribution in [-0.4, -0.2) is 11.0 Å². The van der Waals surface area contributed by atoms with Gasteiger partial charge < -0.3 is 5.32 Å². The molecular weight excluding hydrogens is 350 g/mol. The van der Waals surface area contributed by atoms with Gasteiger partial charge in [-0.3, -0.25) is 10.1 Å². The van der Waals surface area contributed by atoms with Crippen LogP contribution in [-0.2, 0) is 0 Å². The van der Waals surface area contributed by atoms with Gasteiger partial charge in [-0.25, -0.2) is 4.39 Å². The Labute approximate surface area is 118 Å². The lowest BCUT2D eigenvalue weighted by molar-refractivity contribution is -0.384. The highest BCUT2D eigenvalue weighted by atomic mass is 127. The number of nitro benzene ring substituents is 1. The van der Waals surface area contributed by atoms with Crippen LogP contribution in [0.5, 0.6) is 0 Å². The maximum Gasteiger partial charge on any atom is 0.293 e. The fraction of sp³-hybridized carbons (Fsp3) is 0.500. The zero-order chi connectivity index (χ0) is 13.3. The Morgan fingerprint density at radius 2 is 2.22 bits per heavy atom. The first-order chi connectivity index (χ1) is 8.49. The van der Waals surface area contributed by atoms with E-state index >= 15 is 0 Å². The minimum atomic E-state index is -0.469. The fourth-order valence-electron chi connectivity index (χ4n) is 2.36. The van der Waals surface area contributed by atoms with Crippen molar-refractivity contribution in [2.45, 2.75) is 32.2 Å². The molecule has 0 spiro atoms. The smallest absolute Gasteiger partial charge is 0.293 e. The summed E-state index contributed by atoms with van der Waals surface area (Å²) in [5.74, 6) is 0.0429. The molecule has 1 N–H and O–H groups in total. The highest BCUT2D eigenvalue weighted by molar-refractivity contribution is 14.1. The molecule has 0 radical (unpaired) electrons. The number of halogens is 2. The maximum atomic E-state index is 13.5. The minimum Gasteiger partial charge on any atom is -0.376 e. The molecule has 1 saturated carbocycles. The minimum absolute atomic E-state index is 0.0556. The molecule has 0 heterocycles. The zero-order valence-electron chi connectivity index (χ0n) is 9.95. The summed E-state index contributed by atoms with van der Waals surface area (Å²) in [5, 5.41) is 14.1. The van der Waals surface area contributed by atoms with E-state index in [4.69, 9.17) is 0 Å². The third-order valence-electron chi connectivity index (χ3n) is 3.44. The fourth-order valence-corrected chi connectivity index (χ4v) is 2.81. The predicted molar refractivity (Wildman–Crippen MR) is 76.2 cm³/mol. The van der Waals surface area contributed by atoms with E-state index in [9.17, 15) is 14.5 Å². The van der Waals surface area contributed by atoms with Crippen molar-refractivity contribution < 1.29 is 9.31 Å². The van der Waals surface area contributed by atoms with E-state index in [1.165, 1.54) is 12.1 Å².